The number of carbonyl (C=O) groups excluding carboxylic acids is 1. The number of methoxy groups -OCH3 is 1. The topological polar surface area (TPSA) is 142 Å². The Morgan fingerprint density at radius 1 is 1.11 bits per heavy atom. The fourth-order valence-electron chi connectivity index (χ4n) is 4.05. The predicted molar refractivity (Wildman–Crippen MR) is 124 cm³/mol. The zero-order valence-electron chi connectivity index (χ0n) is 19.3. The molecular weight excluding hydrogens is 472 g/mol. The van der Waals surface area contributed by atoms with Gasteiger partial charge in [0.2, 0.25) is 12.6 Å². The molecule has 0 atom stereocenters. The Bertz CT molecular complexity index is 1300. The Labute approximate surface area is 205 Å². The molecule has 1 saturated heterocycles. The summed E-state index contributed by atoms with van der Waals surface area (Å²) in [7, 11) is 1.24. The molecule has 3 aromatic rings. The Hall–Kier alpha value is -4.52. The molecule has 13 heteroatoms. The van der Waals surface area contributed by atoms with E-state index in [0.29, 0.717) is 32.7 Å². The lowest BCUT2D eigenvalue weighted by Gasteiger charge is -2.35. The van der Waals surface area contributed by atoms with E-state index < -0.39 is 10.9 Å². The summed E-state index contributed by atoms with van der Waals surface area (Å²) < 4.78 is 21.1. The fraction of sp³-hybridized carbons (Fsp3) is 0.304. The van der Waals surface area contributed by atoms with Crippen LogP contribution in [-0.4, -0.2) is 70.8 Å². The average molecular weight is 494 g/mol. The highest BCUT2D eigenvalue weighted by molar-refractivity contribution is 5.89. The number of nitrogens with zero attached hydrogens (tertiary/aromatic N) is 6. The van der Waals surface area contributed by atoms with E-state index in [1.165, 1.54) is 31.9 Å². The summed E-state index contributed by atoms with van der Waals surface area (Å²) in [4.78, 5) is 39.4. The van der Waals surface area contributed by atoms with Crippen molar-refractivity contribution in [3.8, 4) is 23.1 Å². The number of carbonyl (C=O) groups is 1. The van der Waals surface area contributed by atoms with Crippen LogP contribution in [0.5, 0.6) is 23.1 Å². The summed E-state index contributed by atoms with van der Waals surface area (Å²) in [5, 5.41) is 12.0. The normalized spacial score (nSPS) is 15.0. The van der Waals surface area contributed by atoms with Crippen LogP contribution >= 0.6 is 0 Å². The van der Waals surface area contributed by atoms with Gasteiger partial charge < -0.3 is 23.8 Å². The summed E-state index contributed by atoms with van der Waals surface area (Å²) in [6, 6.07) is 7.25. The van der Waals surface area contributed by atoms with Gasteiger partial charge >= 0.3 is 17.5 Å². The van der Waals surface area contributed by atoms with Crippen LogP contribution in [0.4, 0.5) is 11.5 Å². The number of aromatic nitrogens is 3. The summed E-state index contributed by atoms with van der Waals surface area (Å²) in [5.41, 5.74) is 0.884. The third-order valence-electron chi connectivity index (χ3n) is 5.82. The Balaban J connectivity index is 1.30. The number of hydrogen-bond acceptors (Lipinski definition) is 12. The number of benzene rings is 1. The lowest BCUT2D eigenvalue weighted by Crippen LogP contribution is -2.46. The first-order valence-corrected chi connectivity index (χ1v) is 11.1. The van der Waals surface area contributed by atoms with Crippen LogP contribution < -0.4 is 19.1 Å². The molecule has 0 unspecified atom stereocenters. The number of nitro groups is 1. The number of fused-ring (bicyclic) bond motifs is 1. The summed E-state index contributed by atoms with van der Waals surface area (Å²) in [6.07, 6.45) is 3.85. The molecule has 2 aromatic heterocycles. The Morgan fingerprint density at radius 2 is 1.92 bits per heavy atom. The first kappa shape index (κ1) is 23.2. The molecular formula is C23H22N6O7. The van der Waals surface area contributed by atoms with Crippen molar-refractivity contribution in [2.45, 2.75) is 6.54 Å². The smallest absolute Gasteiger partial charge is 0.373 e. The predicted octanol–water partition coefficient (Wildman–Crippen LogP) is 2.41. The van der Waals surface area contributed by atoms with Crippen LogP contribution in [0.1, 0.15) is 15.9 Å². The number of pyridine rings is 1. The number of esters is 1. The first-order valence-electron chi connectivity index (χ1n) is 11.1. The number of rotatable bonds is 7. The highest BCUT2D eigenvalue weighted by Gasteiger charge is 2.31. The quantitative estimate of drug-likeness (QED) is 0.270. The van der Waals surface area contributed by atoms with E-state index in [1.807, 2.05) is 23.1 Å². The molecule has 13 nitrogen and oxygen atoms in total. The molecule has 186 valence electrons. The molecule has 2 aliphatic rings. The molecule has 0 saturated carbocycles. The Morgan fingerprint density at radius 3 is 2.69 bits per heavy atom. The van der Waals surface area contributed by atoms with E-state index in [2.05, 4.69) is 24.6 Å². The van der Waals surface area contributed by atoms with E-state index in [0.717, 1.165) is 17.1 Å². The molecule has 1 aromatic carbocycles. The molecule has 36 heavy (non-hydrogen) atoms. The van der Waals surface area contributed by atoms with Gasteiger partial charge in [-0.05, 0) is 23.8 Å². The molecule has 0 bridgehead atoms. The van der Waals surface area contributed by atoms with E-state index in [-0.39, 0.29) is 35.5 Å². The van der Waals surface area contributed by atoms with Gasteiger partial charge in [0.25, 0.3) is 0 Å². The molecule has 5 rings (SSSR count). The molecule has 4 heterocycles. The van der Waals surface area contributed by atoms with Gasteiger partial charge in [-0.1, -0.05) is 6.07 Å². The third-order valence-corrected chi connectivity index (χ3v) is 5.82. The molecule has 0 aliphatic carbocycles. The maximum Gasteiger partial charge on any atom is 0.373 e. The van der Waals surface area contributed by atoms with Crippen molar-refractivity contribution in [1.29, 1.82) is 0 Å². The van der Waals surface area contributed by atoms with Gasteiger partial charge in [-0.15, -0.1) is 0 Å². The molecule has 1 fully saturated rings. The zero-order chi connectivity index (χ0) is 25.1. The van der Waals surface area contributed by atoms with Crippen LogP contribution in [-0.2, 0) is 11.3 Å². The number of anilines is 1. The van der Waals surface area contributed by atoms with E-state index in [9.17, 15) is 14.9 Å². The number of ether oxygens (including phenoxy) is 4. The highest BCUT2D eigenvalue weighted by atomic mass is 16.7. The van der Waals surface area contributed by atoms with Crippen molar-refractivity contribution >= 4 is 17.5 Å². The van der Waals surface area contributed by atoms with Crippen molar-refractivity contribution < 1.29 is 28.7 Å². The highest BCUT2D eigenvalue weighted by Crippen LogP contribution is 2.37. The second-order valence-corrected chi connectivity index (χ2v) is 8.06. The summed E-state index contributed by atoms with van der Waals surface area (Å²) in [5.74, 6) is 0.915. The first-order chi connectivity index (χ1) is 17.5. The second kappa shape index (κ2) is 10.00. The SMILES string of the molecule is COC(=O)c1cncc(Oc2ncnc(N3CCN(Cc4ccc5c(c4)OCO5)CC3)c2[N+](=O)[O-])c1. The molecule has 0 spiro atoms. The van der Waals surface area contributed by atoms with Crippen molar-refractivity contribution in [1.82, 2.24) is 19.9 Å². The van der Waals surface area contributed by atoms with Gasteiger partial charge in [0.1, 0.15) is 12.1 Å². The number of piperazine rings is 1. The number of hydrogen-bond donors (Lipinski definition) is 0. The molecule has 0 amide bonds. The molecule has 0 N–H and O–H groups in total. The zero-order valence-corrected chi connectivity index (χ0v) is 19.3. The van der Waals surface area contributed by atoms with Gasteiger partial charge in [-0.3, -0.25) is 20.0 Å². The van der Waals surface area contributed by atoms with Crippen molar-refractivity contribution in [3.05, 3.63) is 64.2 Å². The standard InChI is InChI=1S/C23H22N6O7/c1-33-23(30)16-9-17(11-24-10-16)36-22-20(29(31)32)21(25-13-26-22)28-6-4-27(5-7-28)12-15-2-3-18-19(8-15)35-14-34-18/h2-3,8-11,13H,4-7,12,14H2,1H3. The van der Waals surface area contributed by atoms with Crippen LogP contribution in [0.3, 0.4) is 0 Å². The Kier molecular flexibility index (Phi) is 6.45. The monoisotopic (exact) mass is 494 g/mol. The molecule has 0 radical (unpaired) electrons. The van der Waals surface area contributed by atoms with Gasteiger partial charge in [-0.25, -0.2) is 9.78 Å². The minimum Gasteiger partial charge on any atom is -0.465 e. The third kappa shape index (κ3) is 4.81. The van der Waals surface area contributed by atoms with Crippen molar-refractivity contribution in [2.75, 3.05) is 45.0 Å². The van der Waals surface area contributed by atoms with Crippen molar-refractivity contribution in [2.24, 2.45) is 0 Å². The molecule has 2 aliphatic heterocycles. The second-order valence-electron chi connectivity index (χ2n) is 8.06. The van der Waals surface area contributed by atoms with E-state index >= 15 is 0 Å². The van der Waals surface area contributed by atoms with Gasteiger partial charge in [-0.2, -0.15) is 4.98 Å². The lowest BCUT2D eigenvalue weighted by atomic mass is 10.1. The van der Waals surface area contributed by atoms with Gasteiger partial charge in [0, 0.05) is 38.9 Å². The van der Waals surface area contributed by atoms with Crippen LogP contribution in [0.25, 0.3) is 0 Å². The van der Waals surface area contributed by atoms with Gasteiger partial charge in [0.05, 0.1) is 23.8 Å². The van der Waals surface area contributed by atoms with E-state index in [4.69, 9.17) is 14.2 Å². The minimum absolute atomic E-state index is 0.110. The fourth-order valence-corrected chi connectivity index (χ4v) is 4.05. The van der Waals surface area contributed by atoms with Gasteiger partial charge in [0.15, 0.2) is 11.5 Å². The van der Waals surface area contributed by atoms with Crippen LogP contribution in [0.15, 0.2) is 43.0 Å². The maximum atomic E-state index is 12.0. The van der Waals surface area contributed by atoms with E-state index in [1.54, 1.807) is 0 Å². The lowest BCUT2D eigenvalue weighted by molar-refractivity contribution is -0.385. The van der Waals surface area contributed by atoms with Crippen LogP contribution in [0, 0.1) is 10.1 Å². The average Bonchev–Trinajstić information content (AvgIpc) is 3.36. The summed E-state index contributed by atoms with van der Waals surface area (Å²) >= 11 is 0. The maximum absolute atomic E-state index is 12.0. The van der Waals surface area contributed by atoms with Crippen molar-refractivity contribution in [3.63, 3.8) is 0 Å². The van der Waals surface area contributed by atoms with Crippen LogP contribution in [0.2, 0.25) is 0 Å². The minimum atomic E-state index is -0.607. The summed E-state index contributed by atoms with van der Waals surface area (Å²) in [6.45, 7) is 3.36. The largest absolute Gasteiger partial charge is 0.465 e.